The number of amidine groups is 1. The Labute approximate surface area is 206 Å². The molecule has 1 aromatic heterocycles. The lowest BCUT2D eigenvalue weighted by Crippen LogP contribution is -2.58. The van der Waals surface area contributed by atoms with Gasteiger partial charge in [0.15, 0.2) is 23.2 Å². The van der Waals surface area contributed by atoms with Crippen LogP contribution in [0.15, 0.2) is 53.8 Å². The van der Waals surface area contributed by atoms with E-state index in [1.54, 1.807) is 26.4 Å². The molecule has 0 bridgehead atoms. The minimum atomic E-state index is -1.51. The van der Waals surface area contributed by atoms with Crippen molar-refractivity contribution in [2.24, 2.45) is 5.16 Å². The number of imidazole rings is 1. The Kier molecular flexibility index (Phi) is 5.89. The number of fused-ring (bicyclic) bond motifs is 1. The third kappa shape index (κ3) is 4.06. The average Bonchev–Trinajstić information content (AvgIpc) is 3.28. The number of halogens is 3. The van der Waals surface area contributed by atoms with Crippen LogP contribution in [-0.4, -0.2) is 46.7 Å². The van der Waals surface area contributed by atoms with Gasteiger partial charge in [0.2, 0.25) is 5.84 Å². The first-order valence-corrected chi connectivity index (χ1v) is 11.4. The van der Waals surface area contributed by atoms with E-state index in [4.69, 9.17) is 14.3 Å². The Morgan fingerprint density at radius 1 is 1.17 bits per heavy atom. The molecule has 0 radical (unpaired) electrons. The van der Waals surface area contributed by atoms with Crippen molar-refractivity contribution in [2.45, 2.75) is 32.4 Å². The number of methoxy groups -OCH3 is 1. The number of benzene rings is 2. The van der Waals surface area contributed by atoms with Crippen LogP contribution in [0.4, 0.5) is 13.2 Å². The van der Waals surface area contributed by atoms with Gasteiger partial charge in [-0.1, -0.05) is 11.2 Å². The third-order valence-electron chi connectivity index (χ3n) is 6.43. The Balaban J connectivity index is 1.53. The van der Waals surface area contributed by atoms with Gasteiger partial charge in [0.1, 0.15) is 24.0 Å². The van der Waals surface area contributed by atoms with Crippen molar-refractivity contribution in [3.8, 4) is 11.4 Å². The molecule has 2 aliphatic heterocycles. The fourth-order valence-corrected chi connectivity index (χ4v) is 4.52. The zero-order chi connectivity index (χ0) is 25.6. The first-order chi connectivity index (χ1) is 17.2. The molecule has 2 aromatic carbocycles. The number of aromatic nitrogens is 2. The first-order valence-electron chi connectivity index (χ1n) is 11.4. The predicted octanol–water partition coefficient (Wildman–Crippen LogP) is 4.93. The van der Waals surface area contributed by atoms with Crippen molar-refractivity contribution < 1.29 is 27.5 Å². The summed E-state index contributed by atoms with van der Waals surface area (Å²) in [6.07, 6.45) is 5.15. The van der Waals surface area contributed by atoms with E-state index in [1.807, 2.05) is 47.7 Å². The summed E-state index contributed by atoms with van der Waals surface area (Å²) >= 11 is 0. The summed E-state index contributed by atoms with van der Waals surface area (Å²) in [5.74, 6) is -2.59. The van der Waals surface area contributed by atoms with E-state index in [2.05, 4.69) is 10.1 Å². The van der Waals surface area contributed by atoms with E-state index in [-0.39, 0.29) is 18.3 Å². The summed E-state index contributed by atoms with van der Waals surface area (Å²) in [5.41, 5.74) is 1.72. The van der Waals surface area contributed by atoms with Crippen LogP contribution in [0.5, 0.6) is 5.75 Å². The van der Waals surface area contributed by atoms with E-state index < -0.39 is 23.0 Å². The molecule has 2 atom stereocenters. The van der Waals surface area contributed by atoms with Crippen molar-refractivity contribution in [1.29, 1.82) is 0 Å². The lowest BCUT2D eigenvalue weighted by Gasteiger charge is -2.48. The highest BCUT2D eigenvalue weighted by Gasteiger charge is 2.45. The summed E-state index contributed by atoms with van der Waals surface area (Å²) in [6.45, 7) is 5.98. The average molecular weight is 499 g/mol. The molecular formula is C26H25F3N4O3. The maximum absolute atomic E-state index is 14.1. The zero-order valence-corrected chi connectivity index (χ0v) is 20.3. The molecule has 0 saturated carbocycles. The number of nitrogens with zero attached hydrogens (tertiary/aromatic N) is 4. The molecule has 7 nitrogen and oxygen atoms in total. The fraction of sp³-hybridized carbons (Fsp3) is 0.308. The molecule has 3 aromatic rings. The normalized spacial score (nSPS) is 22.5. The van der Waals surface area contributed by atoms with Crippen LogP contribution in [0.25, 0.3) is 11.8 Å². The number of hydrogen-bond donors (Lipinski definition) is 0. The van der Waals surface area contributed by atoms with E-state index in [9.17, 15) is 13.2 Å². The van der Waals surface area contributed by atoms with Gasteiger partial charge in [-0.15, -0.1) is 0 Å². The SMILES string of the molecule is COc1cc(C=C2OC(C)CN3C2=NOCC3(C)c2cc(F)c(F)c(F)c2)ccc1-n1cnc(C)c1. The van der Waals surface area contributed by atoms with Crippen LogP contribution in [0.1, 0.15) is 30.7 Å². The number of rotatable bonds is 4. The van der Waals surface area contributed by atoms with Crippen LogP contribution < -0.4 is 4.74 Å². The molecule has 188 valence electrons. The molecule has 1 saturated heterocycles. The molecule has 10 heteroatoms. The maximum Gasteiger partial charge on any atom is 0.211 e. The minimum Gasteiger partial charge on any atom is -0.495 e. The Morgan fingerprint density at radius 2 is 1.92 bits per heavy atom. The first kappa shape index (κ1) is 23.8. The summed E-state index contributed by atoms with van der Waals surface area (Å²) in [5, 5.41) is 4.20. The summed E-state index contributed by atoms with van der Waals surface area (Å²) in [6, 6.07) is 7.66. The molecule has 2 unspecified atom stereocenters. The lowest BCUT2D eigenvalue weighted by molar-refractivity contribution is -0.0324. The van der Waals surface area contributed by atoms with Crippen LogP contribution in [0.3, 0.4) is 0 Å². The second-order valence-electron chi connectivity index (χ2n) is 9.12. The van der Waals surface area contributed by atoms with Gasteiger partial charge < -0.3 is 23.8 Å². The Morgan fingerprint density at radius 3 is 2.58 bits per heavy atom. The van der Waals surface area contributed by atoms with Crippen molar-refractivity contribution >= 4 is 11.9 Å². The van der Waals surface area contributed by atoms with E-state index in [1.165, 1.54) is 0 Å². The van der Waals surface area contributed by atoms with Crippen molar-refractivity contribution in [3.63, 3.8) is 0 Å². The molecule has 0 spiro atoms. The number of ether oxygens (including phenoxy) is 2. The van der Waals surface area contributed by atoms with Gasteiger partial charge in [0, 0.05) is 6.20 Å². The van der Waals surface area contributed by atoms with E-state index >= 15 is 0 Å². The molecule has 2 aliphatic rings. The van der Waals surface area contributed by atoms with Crippen LogP contribution in [-0.2, 0) is 15.1 Å². The fourth-order valence-electron chi connectivity index (χ4n) is 4.52. The summed E-state index contributed by atoms with van der Waals surface area (Å²) < 4.78 is 55.4. The number of aryl methyl sites for hydroxylation is 1. The minimum absolute atomic E-state index is 0.0217. The predicted molar refractivity (Wildman–Crippen MR) is 127 cm³/mol. The maximum atomic E-state index is 14.1. The number of hydrogen-bond acceptors (Lipinski definition) is 6. The van der Waals surface area contributed by atoms with E-state index in [0.29, 0.717) is 23.9 Å². The second kappa shape index (κ2) is 8.92. The van der Waals surface area contributed by atoms with E-state index in [0.717, 1.165) is 29.1 Å². The van der Waals surface area contributed by atoms with Crippen molar-refractivity contribution in [2.75, 3.05) is 20.3 Å². The Hall–Kier alpha value is -3.95. The second-order valence-corrected chi connectivity index (χ2v) is 9.12. The molecule has 0 amide bonds. The smallest absolute Gasteiger partial charge is 0.211 e. The van der Waals surface area contributed by atoms with Gasteiger partial charge in [-0.3, -0.25) is 0 Å². The van der Waals surface area contributed by atoms with Crippen molar-refractivity contribution in [1.82, 2.24) is 14.5 Å². The van der Waals surface area contributed by atoms with Crippen LogP contribution in [0.2, 0.25) is 0 Å². The molecule has 3 heterocycles. The molecule has 1 fully saturated rings. The van der Waals surface area contributed by atoms with Gasteiger partial charge in [-0.2, -0.15) is 0 Å². The molecular weight excluding hydrogens is 473 g/mol. The van der Waals surface area contributed by atoms with Gasteiger partial charge >= 0.3 is 0 Å². The van der Waals surface area contributed by atoms with Gasteiger partial charge in [-0.25, -0.2) is 18.2 Å². The summed E-state index contributed by atoms with van der Waals surface area (Å²) in [4.78, 5) is 11.6. The van der Waals surface area contributed by atoms with Gasteiger partial charge in [-0.05, 0) is 62.2 Å². The molecule has 0 N–H and O–H groups in total. The monoisotopic (exact) mass is 498 g/mol. The number of oxime groups is 1. The van der Waals surface area contributed by atoms with Gasteiger partial charge in [0.25, 0.3) is 0 Å². The molecule has 36 heavy (non-hydrogen) atoms. The van der Waals surface area contributed by atoms with Gasteiger partial charge in [0.05, 0.1) is 31.4 Å². The quantitative estimate of drug-likeness (QED) is 0.478. The van der Waals surface area contributed by atoms with Crippen LogP contribution >= 0.6 is 0 Å². The standard InChI is InChI=1S/C26H25F3N4O3/c1-15-11-32(14-30-15)21-6-5-17(7-22(21)34-4)8-23-25-31-35-13-26(3,33(25)12-16(2)36-23)18-9-19(27)24(29)20(28)10-18/h5-11,14,16H,12-13H2,1-4H3. The highest BCUT2D eigenvalue weighted by Crippen LogP contribution is 2.38. The zero-order valence-electron chi connectivity index (χ0n) is 20.3. The topological polar surface area (TPSA) is 61.1 Å². The highest BCUT2D eigenvalue weighted by atomic mass is 19.2. The molecule has 0 aliphatic carbocycles. The largest absolute Gasteiger partial charge is 0.495 e. The Bertz CT molecular complexity index is 1360. The number of morpholine rings is 1. The highest BCUT2D eigenvalue weighted by molar-refractivity contribution is 6.01. The third-order valence-corrected chi connectivity index (χ3v) is 6.43. The van der Waals surface area contributed by atoms with Crippen LogP contribution in [0, 0.1) is 24.4 Å². The van der Waals surface area contributed by atoms with Crippen molar-refractivity contribution in [3.05, 3.63) is 82.9 Å². The molecule has 5 rings (SSSR count). The lowest BCUT2D eigenvalue weighted by atomic mass is 9.88. The summed E-state index contributed by atoms with van der Waals surface area (Å²) in [7, 11) is 1.59.